The first-order valence-corrected chi connectivity index (χ1v) is 6.75. The third-order valence-corrected chi connectivity index (χ3v) is 3.61. The zero-order chi connectivity index (χ0) is 13.4. The number of aryl methyl sites for hydroxylation is 1. The molecular weight excluding hydrogens is 304 g/mol. The Labute approximate surface area is 119 Å². The second-order valence-corrected chi connectivity index (χ2v) is 5.30. The molecular formula is C14H13BrN4. The van der Waals surface area contributed by atoms with Gasteiger partial charge in [0, 0.05) is 24.3 Å². The van der Waals surface area contributed by atoms with E-state index in [1.54, 1.807) is 6.20 Å². The molecule has 2 aromatic heterocycles. The van der Waals surface area contributed by atoms with E-state index in [1.165, 1.54) is 0 Å². The summed E-state index contributed by atoms with van der Waals surface area (Å²) in [5.74, 6) is 0.858. The molecule has 0 aliphatic carbocycles. The van der Waals surface area contributed by atoms with Crippen LogP contribution in [-0.2, 0) is 13.6 Å². The highest BCUT2D eigenvalue weighted by atomic mass is 79.9. The molecule has 0 spiro atoms. The molecule has 0 radical (unpaired) electrons. The average Bonchev–Trinajstić information content (AvgIpc) is 2.76. The summed E-state index contributed by atoms with van der Waals surface area (Å²) in [5, 5.41) is 0. The fourth-order valence-corrected chi connectivity index (χ4v) is 2.34. The van der Waals surface area contributed by atoms with Crippen molar-refractivity contribution in [3.05, 3.63) is 46.6 Å². The van der Waals surface area contributed by atoms with Gasteiger partial charge in [-0.3, -0.25) is 4.98 Å². The van der Waals surface area contributed by atoms with Crippen molar-refractivity contribution >= 4 is 27.0 Å². The third kappa shape index (κ3) is 2.15. The molecule has 1 aromatic carbocycles. The van der Waals surface area contributed by atoms with Crippen LogP contribution in [0.5, 0.6) is 0 Å². The summed E-state index contributed by atoms with van der Waals surface area (Å²) in [6, 6.07) is 10.0. The number of halogens is 1. The lowest BCUT2D eigenvalue weighted by molar-refractivity contribution is 0.949. The van der Waals surface area contributed by atoms with Crippen LogP contribution < -0.4 is 5.73 Å². The highest BCUT2D eigenvalue weighted by Gasteiger charge is 2.11. The van der Waals surface area contributed by atoms with Crippen LogP contribution in [0.1, 0.15) is 5.56 Å². The van der Waals surface area contributed by atoms with E-state index in [0.717, 1.165) is 32.6 Å². The maximum Gasteiger partial charge on any atom is 0.159 e. The van der Waals surface area contributed by atoms with Crippen LogP contribution >= 0.6 is 15.9 Å². The predicted octanol–water partition coefficient (Wildman–Crippen LogP) is 2.86. The lowest BCUT2D eigenvalue weighted by atomic mass is 10.2. The summed E-state index contributed by atoms with van der Waals surface area (Å²) in [6.45, 7) is 0.526. The van der Waals surface area contributed by atoms with Crippen molar-refractivity contribution in [2.24, 2.45) is 12.8 Å². The van der Waals surface area contributed by atoms with Gasteiger partial charge in [-0.1, -0.05) is 6.07 Å². The van der Waals surface area contributed by atoms with Crippen molar-refractivity contribution < 1.29 is 0 Å². The molecule has 0 bridgehead atoms. The third-order valence-electron chi connectivity index (χ3n) is 3.14. The Bertz CT molecular complexity index is 731. The van der Waals surface area contributed by atoms with Crippen molar-refractivity contribution in [2.75, 3.05) is 0 Å². The van der Waals surface area contributed by atoms with Gasteiger partial charge in [0.1, 0.15) is 5.69 Å². The SMILES string of the molecule is Cn1c(-c2ccc(Br)cn2)nc2cc(CN)ccc21. The van der Waals surface area contributed by atoms with Crippen LogP contribution in [0, 0.1) is 0 Å². The Kier molecular flexibility index (Phi) is 3.08. The van der Waals surface area contributed by atoms with E-state index in [9.17, 15) is 0 Å². The van der Waals surface area contributed by atoms with Gasteiger partial charge in [-0.05, 0) is 45.8 Å². The lowest BCUT2D eigenvalue weighted by Gasteiger charge is -2.01. The van der Waals surface area contributed by atoms with Crippen molar-refractivity contribution in [1.29, 1.82) is 0 Å². The zero-order valence-corrected chi connectivity index (χ0v) is 12.1. The van der Waals surface area contributed by atoms with Gasteiger partial charge >= 0.3 is 0 Å². The quantitative estimate of drug-likeness (QED) is 0.791. The van der Waals surface area contributed by atoms with Gasteiger partial charge in [-0.2, -0.15) is 0 Å². The lowest BCUT2D eigenvalue weighted by Crippen LogP contribution is -1.96. The molecule has 0 aliphatic heterocycles. The summed E-state index contributed by atoms with van der Waals surface area (Å²) in [7, 11) is 2.00. The number of hydrogen-bond acceptors (Lipinski definition) is 3. The van der Waals surface area contributed by atoms with E-state index in [1.807, 2.05) is 41.9 Å². The number of pyridine rings is 1. The number of rotatable bonds is 2. The topological polar surface area (TPSA) is 56.7 Å². The summed E-state index contributed by atoms with van der Waals surface area (Å²) >= 11 is 3.39. The van der Waals surface area contributed by atoms with E-state index in [4.69, 9.17) is 5.73 Å². The van der Waals surface area contributed by atoms with Crippen LogP contribution in [0.25, 0.3) is 22.6 Å². The number of fused-ring (bicyclic) bond motifs is 1. The van der Waals surface area contributed by atoms with Gasteiger partial charge in [0.25, 0.3) is 0 Å². The van der Waals surface area contributed by atoms with E-state index in [0.29, 0.717) is 6.54 Å². The van der Waals surface area contributed by atoms with E-state index >= 15 is 0 Å². The number of benzene rings is 1. The zero-order valence-electron chi connectivity index (χ0n) is 10.5. The molecule has 0 unspecified atom stereocenters. The number of nitrogens with zero attached hydrogens (tertiary/aromatic N) is 3. The number of hydrogen-bond donors (Lipinski definition) is 1. The first kappa shape index (κ1) is 12.3. The second kappa shape index (κ2) is 4.75. The van der Waals surface area contributed by atoms with Crippen molar-refractivity contribution in [2.45, 2.75) is 6.54 Å². The maximum absolute atomic E-state index is 5.66. The molecule has 0 amide bonds. The number of imidazole rings is 1. The maximum atomic E-state index is 5.66. The van der Waals surface area contributed by atoms with E-state index in [-0.39, 0.29) is 0 Å². The molecule has 0 fully saturated rings. The number of aromatic nitrogens is 3. The Morgan fingerprint density at radius 2 is 2.11 bits per heavy atom. The van der Waals surface area contributed by atoms with Gasteiger partial charge in [0.15, 0.2) is 5.82 Å². The van der Waals surface area contributed by atoms with Crippen LogP contribution in [0.15, 0.2) is 41.0 Å². The second-order valence-electron chi connectivity index (χ2n) is 4.38. The predicted molar refractivity (Wildman–Crippen MR) is 79.5 cm³/mol. The Balaban J connectivity index is 2.19. The van der Waals surface area contributed by atoms with Crippen molar-refractivity contribution in [3.63, 3.8) is 0 Å². The van der Waals surface area contributed by atoms with Gasteiger partial charge in [0.2, 0.25) is 0 Å². The normalized spacial score (nSPS) is 11.1. The average molecular weight is 317 g/mol. The van der Waals surface area contributed by atoms with Crippen LogP contribution in [0.2, 0.25) is 0 Å². The largest absolute Gasteiger partial charge is 0.326 e. The standard InChI is InChI=1S/C14H13BrN4/c1-19-13-5-2-9(7-16)6-12(13)18-14(19)11-4-3-10(15)8-17-11/h2-6,8H,7,16H2,1H3. The molecule has 2 heterocycles. The van der Waals surface area contributed by atoms with Crippen molar-refractivity contribution in [3.8, 4) is 11.5 Å². The highest BCUT2D eigenvalue weighted by Crippen LogP contribution is 2.23. The summed E-state index contributed by atoms with van der Waals surface area (Å²) in [6.07, 6.45) is 1.78. The van der Waals surface area contributed by atoms with Crippen LogP contribution in [0.3, 0.4) is 0 Å². The molecule has 0 atom stereocenters. The summed E-state index contributed by atoms with van der Waals surface area (Å²) < 4.78 is 3.01. The molecule has 3 rings (SSSR count). The van der Waals surface area contributed by atoms with Gasteiger partial charge in [0.05, 0.1) is 11.0 Å². The molecule has 2 N–H and O–H groups in total. The minimum absolute atomic E-state index is 0.526. The minimum Gasteiger partial charge on any atom is -0.326 e. The molecule has 0 saturated heterocycles. The minimum atomic E-state index is 0.526. The molecule has 0 saturated carbocycles. The van der Waals surface area contributed by atoms with Crippen LogP contribution in [0.4, 0.5) is 0 Å². The first-order valence-electron chi connectivity index (χ1n) is 5.96. The molecule has 4 nitrogen and oxygen atoms in total. The van der Waals surface area contributed by atoms with Gasteiger partial charge in [-0.15, -0.1) is 0 Å². The van der Waals surface area contributed by atoms with E-state index in [2.05, 4.69) is 25.9 Å². The molecule has 0 aliphatic rings. The smallest absolute Gasteiger partial charge is 0.159 e. The molecule has 3 aromatic rings. The molecule has 96 valence electrons. The first-order chi connectivity index (χ1) is 9.19. The molecule has 19 heavy (non-hydrogen) atoms. The Morgan fingerprint density at radius 1 is 1.26 bits per heavy atom. The fourth-order valence-electron chi connectivity index (χ4n) is 2.11. The highest BCUT2D eigenvalue weighted by molar-refractivity contribution is 9.10. The van der Waals surface area contributed by atoms with E-state index < -0.39 is 0 Å². The monoisotopic (exact) mass is 316 g/mol. The van der Waals surface area contributed by atoms with Crippen molar-refractivity contribution in [1.82, 2.24) is 14.5 Å². The molecule has 5 heteroatoms. The number of nitrogens with two attached hydrogens (primary N) is 1. The summed E-state index contributed by atoms with van der Waals surface area (Å²) in [5.41, 5.74) is 9.63. The Hall–Kier alpha value is -1.72. The van der Waals surface area contributed by atoms with Crippen LogP contribution in [-0.4, -0.2) is 14.5 Å². The summed E-state index contributed by atoms with van der Waals surface area (Å²) in [4.78, 5) is 9.04. The van der Waals surface area contributed by atoms with Gasteiger partial charge in [-0.25, -0.2) is 4.98 Å². The fraction of sp³-hybridized carbons (Fsp3) is 0.143. The van der Waals surface area contributed by atoms with Gasteiger partial charge < -0.3 is 10.3 Å². The Morgan fingerprint density at radius 3 is 2.79 bits per heavy atom.